The van der Waals surface area contributed by atoms with Crippen molar-refractivity contribution in [1.29, 1.82) is 0 Å². The Bertz CT molecular complexity index is 497. The van der Waals surface area contributed by atoms with Crippen LogP contribution in [0.25, 0.3) is 0 Å². The molecule has 1 N–H and O–H groups in total. The molecule has 1 aliphatic rings. The third-order valence-electron chi connectivity index (χ3n) is 3.77. The minimum atomic E-state index is -1.05. The van der Waals surface area contributed by atoms with Gasteiger partial charge in [0.25, 0.3) is 0 Å². The van der Waals surface area contributed by atoms with Gasteiger partial charge in [0.2, 0.25) is 11.7 Å². The Hall–Kier alpha value is -1.82. The number of amides is 1. The van der Waals surface area contributed by atoms with Gasteiger partial charge in [0.05, 0.1) is 6.04 Å². The first-order chi connectivity index (χ1) is 9.49. The van der Waals surface area contributed by atoms with Gasteiger partial charge in [-0.3, -0.25) is 9.69 Å². The highest BCUT2D eigenvalue weighted by molar-refractivity contribution is 5.84. The zero-order chi connectivity index (χ0) is 14.7. The zero-order valence-corrected chi connectivity index (χ0v) is 11.8. The molecule has 1 unspecified atom stereocenters. The average Bonchev–Trinajstić information content (AvgIpc) is 2.76. The molecule has 6 heteroatoms. The standard InChI is InChI=1S/C14H20N2O4/c1-10(12-4-5-13(20-12)14(18)19)15-6-3-7-16(9-8-15)11(2)17/h4-5,10H,3,6-9H2,1-2H3,(H,18,19). The maximum absolute atomic E-state index is 11.4. The Balaban J connectivity index is 2.03. The Morgan fingerprint density at radius 3 is 2.60 bits per heavy atom. The van der Waals surface area contributed by atoms with Crippen LogP contribution in [-0.4, -0.2) is 53.0 Å². The van der Waals surface area contributed by atoms with Crippen molar-refractivity contribution in [2.24, 2.45) is 0 Å². The van der Waals surface area contributed by atoms with Gasteiger partial charge in [-0.15, -0.1) is 0 Å². The van der Waals surface area contributed by atoms with Gasteiger partial charge in [0.15, 0.2) is 0 Å². The Morgan fingerprint density at radius 2 is 2.00 bits per heavy atom. The number of nitrogens with zero attached hydrogens (tertiary/aromatic N) is 2. The molecule has 0 radical (unpaired) electrons. The fourth-order valence-electron chi connectivity index (χ4n) is 2.51. The lowest BCUT2D eigenvalue weighted by Gasteiger charge is -2.26. The minimum Gasteiger partial charge on any atom is -0.475 e. The lowest BCUT2D eigenvalue weighted by Crippen LogP contribution is -2.34. The highest BCUT2D eigenvalue weighted by Crippen LogP contribution is 2.23. The summed E-state index contributed by atoms with van der Waals surface area (Å²) >= 11 is 0. The summed E-state index contributed by atoms with van der Waals surface area (Å²) < 4.78 is 5.35. The van der Waals surface area contributed by atoms with E-state index in [1.165, 1.54) is 6.07 Å². The first-order valence-corrected chi connectivity index (χ1v) is 6.81. The summed E-state index contributed by atoms with van der Waals surface area (Å²) in [6.07, 6.45) is 0.913. The molecule has 0 aliphatic carbocycles. The van der Waals surface area contributed by atoms with Gasteiger partial charge in [-0.1, -0.05) is 0 Å². The number of carbonyl (C=O) groups is 2. The number of aromatic carboxylic acids is 1. The molecule has 20 heavy (non-hydrogen) atoms. The van der Waals surface area contributed by atoms with Crippen molar-refractivity contribution in [2.75, 3.05) is 26.2 Å². The van der Waals surface area contributed by atoms with E-state index in [0.717, 1.165) is 26.1 Å². The van der Waals surface area contributed by atoms with E-state index in [4.69, 9.17) is 9.52 Å². The number of carboxylic acids is 1. The first kappa shape index (κ1) is 14.6. The van der Waals surface area contributed by atoms with E-state index in [1.807, 2.05) is 11.8 Å². The second kappa shape index (κ2) is 6.09. The maximum atomic E-state index is 11.4. The van der Waals surface area contributed by atoms with Gasteiger partial charge in [0.1, 0.15) is 5.76 Å². The van der Waals surface area contributed by atoms with E-state index in [-0.39, 0.29) is 17.7 Å². The Morgan fingerprint density at radius 1 is 1.25 bits per heavy atom. The largest absolute Gasteiger partial charge is 0.475 e. The third kappa shape index (κ3) is 3.19. The van der Waals surface area contributed by atoms with Crippen molar-refractivity contribution in [3.8, 4) is 0 Å². The van der Waals surface area contributed by atoms with Crippen LogP contribution in [0.15, 0.2) is 16.5 Å². The fourth-order valence-corrected chi connectivity index (χ4v) is 2.51. The molecule has 0 saturated carbocycles. The second-order valence-electron chi connectivity index (χ2n) is 5.08. The Kier molecular flexibility index (Phi) is 4.44. The third-order valence-corrected chi connectivity index (χ3v) is 3.77. The van der Waals surface area contributed by atoms with E-state index in [1.54, 1.807) is 13.0 Å². The van der Waals surface area contributed by atoms with Crippen molar-refractivity contribution >= 4 is 11.9 Å². The maximum Gasteiger partial charge on any atom is 0.371 e. The van der Waals surface area contributed by atoms with Gasteiger partial charge in [-0.25, -0.2) is 4.79 Å². The number of hydrogen-bond acceptors (Lipinski definition) is 4. The number of rotatable bonds is 3. The van der Waals surface area contributed by atoms with Crippen LogP contribution in [0.3, 0.4) is 0 Å². The van der Waals surface area contributed by atoms with Crippen molar-refractivity contribution in [2.45, 2.75) is 26.3 Å². The molecule has 1 atom stereocenters. The zero-order valence-electron chi connectivity index (χ0n) is 11.8. The molecule has 2 rings (SSSR count). The van der Waals surface area contributed by atoms with E-state index >= 15 is 0 Å². The van der Waals surface area contributed by atoms with Crippen LogP contribution in [0.1, 0.15) is 42.6 Å². The van der Waals surface area contributed by atoms with Crippen LogP contribution >= 0.6 is 0 Å². The minimum absolute atomic E-state index is 0.00927. The number of furan rings is 1. The van der Waals surface area contributed by atoms with Crippen LogP contribution < -0.4 is 0 Å². The molecule has 1 fully saturated rings. The van der Waals surface area contributed by atoms with Crippen molar-refractivity contribution < 1.29 is 19.1 Å². The highest BCUT2D eigenvalue weighted by atomic mass is 16.4. The molecule has 1 amide bonds. The van der Waals surface area contributed by atoms with E-state index in [0.29, 0.717) is 12.3 Å². The molecule has 110 valence electrons. The molecule has 0 spiro atoms. The second-order valence-corrected chi connectivity index (χ2v) is 5.08. The molecule has 1 saturated heterocycles. The summed E-state index contributed by atoms with van der Waals surface area (Å²) in [5.74, 6) is -0.335. The molecular formula is C14H20N2O4. The van der Waals surface area contributed by atoms with Gasteiger partial charge < -0.3 is 14.4 Å². The summed E-state index contributed by atoms with van der Waals surface area (Å²) in [5, 5.41) is 8.88. The van der Waals surface area contributed by atoms with Crippen LogP contribution in [-0.2, 0) is 4.79 Å². The predicted molar refractivity (Wildman–Crippen MR) is 72.5 cm³/mol. The monoisotopic (exact) mass is 280 g/mol. The number of hydrogen-bond donors (Lipinski definition) is 1. The SMILES string of the molecule is CC(=O)N1CCCN(C(C)c2ccc(C(=O)O)o2)CC1. The summed E-state index contributed by atoms with van der Waals surface area (Å²) in [6, 6.07) is 3.20. The molecule has 6 nitrogen and oxygen atoms in total. The van der Waals surface area contributed by atoms with Crippen molar-refractivity contribution in [1.82, 2.24) is 9.80 Å². The summed E-state index contributed by atoms with van der Waals surface area (Å²) in [4.78, 5) is 26.3. The van der Waals surface area contributed by atoms with Crippen LogP contribution in [0.4, 0.5) is 0 Å². The van der Waals surface area contributed by atoms with Crippen LogP contribution in [0.5, 0.6) is 0 Å². The summed E-state index contributed by atoms with van der Waals surface area (Å²) in [6.45, 7) is 6.69. The average molecular weight is 280 g/mol. The molecule has 1 aromatic heterocycles. The van der Waals surface area contributed by atoms with Crippen LogP contribution in [0.2, 0.25) is 0 Å². The van der Waals surface area contributed by atoms with Crippen LogP contribution in [0, 0.1) is 0 Å². The molecule has 0 aromatic carbocycles. The molecule has 2 heterocycles. The normalized spacial score (nSPS) is 18.6. The molecular weight excluding hydrogens is 260 g/mol. The van der Waals surface area contributed by atoms with Gasteiger partial charge in [-0.2, -0.15) is 0 Å². The lowest BCUT2D eigenvalue weighted by molar-refractivity contribution is -0.128. The smallest absolute Gasteiger partial charge is 0.371 e. The van der Waals surface area contributed by atoms with Crippen molar-refractivity contribution in [3.05, 3.63) is 23.7 Å². The molecule has 0 bridgehead atoms. The quantitative estimate of drug-likeness (QED) is 0.910. The van der Waals surface area contributed by atoms with E-state index in [9.17, 15) is 9.59 Å². The molecule has 1 aliphatic heterocycles. The summed E-state index contributed by atoms with van der Waals surface area (Å²) in [5.41, 5.74) is 0. The van der Waals surface area contributed by atoms with Gasteiger partial charge >= 0.3 is 5.97 Å². The summed E-state index contributed by atoms with van der Waals surface area (Å²) in [7, 11) is 0. The number of carbonyl (C=O) groups excluding carboxylic acids is 1. The van der Waals surface area contributed by atoms with E-state index < -0.39 is 5.97 Å². The highest BCUT2D eigenvalue weighted by Gasteiger charge is 2.23. The predicted octanol–water partition coefficient (Wildman–Crippen LogP) is 1.59. The van der Waals surface area contributed by atoms with Gasteiger partial charge in [-0.05, 0) is 25.5 Å². The lowest BCUT2D eigenvalue weighted by atomic mass is 10.2. The van der Waals surface area contributed by atoms with Crippen molar-refractivity contribution in [3.63, 3.8) is 0 Å². The topological polar surface area (TPSA) is 74.0 Å². The first-order valence-electron chi connectivity index (χ1n) is 6.81. The van der Waals surface area contributed by atoms with E-state index in [2.05, 4.69) is 4.90 Å². The fraction of sp³-hybridized carbons (Fsp3) is 0.571. The number of carboxylic acid groups (broad SMARTS) is 1. The van der Waals surface area contributed by atoms with Gasteiger partial charge in [0, 0.05) is 33.1 Å². The Labute approximate surface area is 118 Å². The molecule has 1 aromatic rings.